The van der Waals surface area contributed by atoms with Crippen molar-refractivity contribution in [2.24, 2.45) is 0 Å². The number of nitrogens with zero attached hydrogens (tertiary/aromatic N) is 1. The highest BCUT2D eigenvalue weighted by Crippen LogP contribution is 2.38. The number of benzene rings is 3. The number of hydrogen-bond donors (Lipinski definition) is 1. The summed E-state index contributed by atoms with van der Waals surface area (Å²) in [5, 5.41) is 3.92. The third kappa shape index (κ3) is 3.65. The molecule has 0 spiro atoms. The first kappa shape index (κ1) is 20.3. The Morgan fingerprint density at radius 2 is 1.81 bits per heavy atom. The summed E-state index contributed by atoms with van der Waals surface area (Å²) in [6.07, 6.45) is 1.36. The van der Waals surface area contributed by atoms with Gasteiger partial charge in [0.2, 0.25) is 0 Å². The zero-order chi connectivity index (χ0) is 21.5. The smallest absolute Gasteiger partial charge is 0.260 e. The minimum absolute atomic E-state index is 0.128. The van der Waals surface area contributed by atoms with Crippen molar-refractivity contribution >= 4 is 55.5 Å². The van der Waals surface area contributed by atoms with Gasteiger partial charge in [-0.25, -0.2) is 4.98 Å². The van der Waals surface area contributed by atoms with E-state index in [9.17, 15) is 4.79 Å². The summed E-state index contributed by atoms with van der Waals surface area (Å²) in [6.45, 7) is 2.08. The number of hydrogen-bond acceptors (Lipinski definition) is 3. The summed E-state index contributed by atoms with van der Waals surface area (Å²) < 4.78 is 0. The Bertz CT molecular complexity index is 1500. The molecule has 1 N–H and O–H groups in total. The normalized spacial score (nSPS) is 11.5. The molecule has 154 valence electrons. The van der Waals surface area contributed by atoms with Gasteiger partial charge in [-0.05, 0) is 40.5 Å². The second kappa shape index (κ2) is 8.12. The van der Waals surface area contributed by atoms with Crippen LogP contribution in [0.25, 0.3) is 32.1 Å². The number of halogens is 2. The summed E-state index contributed by atoms with van der Waals surface area (Å²) in [4.78, 5) is 22.9. The fourth-order valence-electron chi connectivity index (χ4n) is 4.02. The molecular formula is C25H18Cl2N2OS. The Balaban J connectivity index is 1.65. The second-order valence-electron chi connectivity index (χ2n) is 7.39. The number of fused-ring (bicyclic) bond motifs is 2. The van der Waals surface area contributed by atoms with Crippen molar-refractivity contribution in [1.29, 1.82) is 0 Å². The van der Waals surface area contributed by atoms with Crippen molar-refractivity contribution < 1.29 is 0 Å². The van der Waals surface area contributed by atoms with E-state index in [1.165, 1.54) is 10.8 Å². The monoisotopic (exact) mass is 464 g/mol. The topological polar surface area (TPSA) is 45.8 Å². The van der Waals surface area contributed by atoms with Gasteiger partial charge in [-0.1, -0.05) is 78.7 Å². The first-order valence-corrected chi connectivity index (χ1v) is 11.6. The van der Waals surface area contributed by atoms with Crippen LogP contribution in [-0.2, 0) is 12.8 Å². The standard InChI is InChI=1S/C25H18Cl2N2OS/c1-2-20-22(16-10-11-18(26)19(27)12-16)23-24(30)28-21(29-25(23)31-20)13-15-8-5-7-14-6-3-4-9-17(14)15/h3-12H,2,13H2,1H3,(H,28,29,30). The van der Waals surface area contributed by atoms with Crippen LogP contribution in [0.4, 0.5) is 0 Å². The number of nitrogens with one attached hydrogen (secondary N) is 1. The zero-order valence-electron chi connectivity index (χ0n) is 16.7. The summed E-state index contributed by atoms with van der Waals surface area (Å²) >= 11 is 13.9. The maximum Gasteiger partial charge on any atom is 0.260 e. The number of H-pyrrole nitrogens is 1. The van der Waals surface area contributed by atoms with E-state index in [0.29, 0.717) is 27.7 Å². The minimum Gasteiger partial charge on any atom is -0.310 e. The van der Waals surface area contributed by atoms with Crippen LogP contribution < -0.4 is 5.56 Å². The molecule has 3 aromatic carbocycles. The van der Waals surface area contributed by atoms with E-state index in [1.54, 1.807) is 17.4 Å². The molecule has 5 rings (SSSR count). The molecule has 0 bridgehead atoms. The van der Waals surface area contributed by atoms with Crippen LogP contribution >= 0.6 is 34.5 Å². The molecule has 0 saturated heterocycles. The van der Waals surface area contributed by atoms with Gasteiger partial charge >= 0.3 is 0 Å². The average Bonchev–Trinajstić information content (AvgIpc) is 3.15. The van der Waals surface area contributed by atoms with Gasteiger partial charge in [0.05, 0.1) is 15.4 Å². The third-order valence-corrected chi connectivity index (χ3v) is 7.42. The summed E-state index contributed by atoms with van der Waals surface area (Å²) in [6, 6.07) is 19.9. The van der Waals surface area contributed by atoms with Crippen molar-refractivity contribution in [3.05, 3.63) is 97.3 Å². The summed E-state index contributed by atoms with van der Waals surface area (Å²) in [5.74, 6) is 0.665. The van der Waals surface area contributed by atoms with Crippen molar-refractivity contribution in [3.63, 3.8) is 0 Å². The lowest BCUT2D eigenvalue weighted by atomic mass is 10.0. The van der Waals surface area contributed by atoms with Crippen molar-refractivity contribution in [2.45, 2.75) is 19.8 Å². The Hall–Kier alpha value is -2.66. The predicted molar refractivity (Wildman–Crippen MR) is 132 cm³/mol. The van der Waals surface area contributed by atoms with E-state index in [4.69, 9.17) is 28.2 Å². The summed E-state index contributed by atoms with van der Waals surface area (Å²) in [7, 11) is 0. The van der Waals surface area contributed by atoms with E-state index in [1.807, 2.05) is 30.3 Å². The van der Waals surface area contributed by atoms with E-state index in [2.05, 4.69) is 36.2 Å². The van der Waals surface area contributed by atoms with Gasteiger partial charge in [0, 0.05) is 16.9 Å². The Morgan fingerprint density at radius 1 is 1.00 bits per heavy atom. The lowest BCUT2D eigenvalue weighted by Gasteiger charge is -2.07. The first-order chi connectivity index (χ1) is 15.0. The number of thiophene rings is 1. The molecular weight excluding hydrogens is 447 g/mol. The lowest BCUT2D eigenvalue weighted by molar-refractivity contribution is 0.983. The van der Waals surface area contributed by atoms with Gasteiger partial charge in [0.15, 0.2) is 0 Å². The van der Waals surface area contributed by atoms with Crippen LogP contribution in [0.5, 0.6) is 0 Å². The molecule has 0 aliphatic rings. The van der Waals surface area contributed by atoms with Crippen LogP contribution in [0.1, 0.15) is 23.2 Å². The van der Waals surface area contributed by atoms with Crippen molar-refractivity contribution in [2.75, 3.05) is 0 Å². The number of aryl methyl sites for hydroxylation is 1. The van der Waals surface area contributed by atoms with Crippen LogP contribution in [0.2, 0.25) is 10.0 Å². The largest absolute Gasteiger partial charge is 0.310 e. The average molecular weight is 465 g/mol. The Morgan fingerprint density at radius 3 is 2.61 bits per heavy atom. The Kier molecular flexibility index (Phi) is 5.30. The number of aromatic nitrogens is 2. The molecule has 2 aromatic heterocycles. The van der Waals surface area contributed by atoms with Crippen LogP contribution in [0.3, 0.4) is 0 Å². The fraction of sp³-hybridized carbons (Fsp3) is 0.120. The van der Waals surface area contributed by atoms with E-state index in [-0.39, 0.29) is 5.56 Å². The zero-order valence-corrected chi connectivity index (χ0v) is 19.0. The molecule has 2 heterocycles. The van der Waals surface area contributed by atoms with Gasteiger partial charge in [0.1, 0.15) is 10.7 Å². The van der Waals surface area contributed by atoms with Crippen LogP contribution in [-0.4, -0.2) is 9.97 Å². The van der Waals surface area contributed by atoms with E-state index in [0.717, 1.165) is 32.8 Å². The molecule has 0 unspecified atom stereocenters. The molecule has 31 heavy (non-hydrogen) atoms. The van der Waals surface area contributed by atoms with Crippen molar-refractivity contribution in [1.82, 2.24) is 9.97 Å². The molecule has 0 radical (unpaired) electrons. The van der Waals surface area contributed by atoms with Crippen molar-refractivity contribution in [3.8, 4) is 11.1 Å². The van der Waals surface area contributed by atoms with Gasteiger partial charge in [-0.15, -0.1) is 11.3 Å². The molecule has 3 nitrogen and oxygen atoms in total. The molecule has 0 aliphatic carbocycles. The minimum atomic E-state index is -0.128. The SMILES string of the molecule is CCc1sc2nc(Cc3cccc4ccccc34)[nH]c(=O)c2c1-c1ccc(Cl)c(Cl)c1. The van der Waals surface area contributed by atoms with Crippen LogP contribution in [0, 0.1) is 0 Å². The molecule has 0 aliphatic heterocycles. The highest BCUT2D eigenvalue weighted by molar-refractivity contribution is 7.19. The maximum absolute atomic E-state index is 13.2. The molecule has 0 amide bonds. The lowest BCUT2D eigenvalue weighted by Crippen LogP contribution is -2.12. The molecule has 0 atom stereocenters. The van der Waals surface area contributed by atoms with Gasteiger partial charge in [-0.3, -0.25) is 4.79 Å². The molecule has 0 fully saturated rings. The summed E-state index contributed by atoms with van der Waals surface area (Å²) in [5.41, 5.74) is 2.79. The van der Waals surface area contributed by atoms with E-state index >= 15 is 0 Å². The van der Waals surface area contributed by atoms with Gasteiger partial charge in [-0.2, -0.15) is 0 Å². The maximum atomic E-state index is 13.2. The number of aromatic amines is 1. The Labute approximate surface area is 193 Å². The molecule has 6 heteroatoms. The van der Waals surface area contributed by atoms with Crippen LogP contribution in [0.15, 0.2) is 65.5 Å². The molecule has 5 aromatic rings. The highest BCUT2D eigenvalue weighted by atomic mass is 35.5. The fourth-order valence-corrected chi connectivity index (χ4v) is 5.47. The quantitative estimate of drug-likeness (QED) is 0.304. The second-order valence-corrected chi connectivity index (χ2v) is 9.29. The van der Waals surface area contributed by atoms with Gasteiger partial charge < -0.3 is 4.98 Å². The van der Waals surface area contributed by atoms with E-state index < -0.39 is 0 Å². The third-order valence-electron chi connectivity index (χ3n) is 5.45. The predicted octanol–water partition coefficient (Wildman–Crippen LogP) is 7.26. The van der Waals surface area contributed by atoms with Gasteiger partial charge in [0.25, 0.3) is 5.56 Å². The first-order valence-electron chi connectivity index (χ1n) is 10.0. The highest BCUT2D eigenvalue weighted by Gasteiger charge is 2.19. The number of rotatable bonds is 4. The molecule has 0 saturated carbocycles.